The molecule has 0 spiro atoms. The zero-order valence-electron chi connectivity index (χ0n) is 13.2. The van der Waals surface area contributed by atoms with Crippen molar-refractivity contribution in [2.45, 2.75) is 74.5 Å². The Balaban J connectivity index is 2.41. The van der Waals surface area contributed by atoms with E-state index in [9.17, 15) is 19.2 Å². The highest BCUT2D eigenvalue weighted by Gasteiger charge is 2.55. The Morgan fingerprint density at radius 1 is 0.667 bits per heavy atom. The lowest BCUT2D eigenvalue weighted by atomic mass is 9.61. The lowest BCUT2D eigenvalue weighted by molar-refractivity contribution is 0.108. The highest BCUT2D eigenvalue weighted by Crippen LogP contribution is 2.50. The molecule has 8 nitrogen and oxygen atoms in total. The molecule has 2 atom stereocenters. The van der Waals surface area contributed by atoms with Gasteiger partial charge in [-0.3, -0.25) is 0 Å². The molecular formula is C16H18N4O4. The van der Waals surface area contributed by atoms with Gasteiger partial charge in [-0.1, -0.05) is 0 Å². The summed E-state index contributed by atoms with van der Waals surface area (Å²) in [6, 6.07) is -0.472. The van der Waals surface area contributed by atoms with E-state index in [1.165, 1.54) is 0 Å². The topological polar surface area (TPSA) is 118 Å². The Labute approximate surface area is 138 Å². The first-order valence-electron chi connectivity index (χ1n) is 7.97. The highest BCUT2D eigenvalue weighted by atomic mass is 16.1. The van der Waals surface area contributed by atoms with Crippen LogP contribution in [0.4, 0.5) is 0 Å². The summed E-state index contributed by atoms with van der Waals surface area (Å²) in [7, 11) is 0. The van der Waals surface area contributed by atoms with Gasteiger partial charge in [-0.05, 0) is 51.4 Å². The molecule has 0 amide bonds. The maximum Gasteiger partial charge on any atom is 0.235 e. The second-order valence-electron chi connectivity index (χ2n) is 6.39. The van der Waals surface area contributed by atoms with Gasteiger partial charge in [0.25, 0.3) is 0 Å². The van der Waals surface area contributed by atoms with E-state index >= 15 is 0 Å². The summed E-state index contributed by atoms with van der Waals surface area (Å²) in [6.45, 7) is 0. The summed E-state index contributed by atoms with van der Waals surface area (Å²) in [4.78, 5) is 58.9. The van der Waals surface area contributed by atoms with Crippen LogP contribution in [0, 0.1) is 0 Å². The first-order valence-corrected chi connectivity index (χ1v) is 7.97. The number of hydrogen-bond donors (Lipinski definition) is 0. The van der Waals surface area contributed by atoms with Gasteiger partial charge in [0, 0.05) is 0 Å². The minimum atomic E-state index is -0.939. The van der Waals surface area contributed by atoms with Crippen LogP contribution in [0.1, 0.15) is 51.4 Å². The molecule has 0 heterocycles. The fourth-order valence-corrected chi connectivity index (χ4v) is 4.18. The van der Waals surface area contributed by atoms with Gasteiger partial charge in [0.05, 0.1) is 17.6 Å². The molecule has 2 unspecified atom stereocenters. The third kappa shape index (κ3) is 3.38. The molecule has 0 aliphatic heterocycles. The summed E-state index contributed by atoms with van der Waals surface area (Å²) < 4.78 is 0. The molecule has 2 saturated carbocycles. The normalized spacial score (nSPS) is 35.3. The van der Waals surface area contributed by atoms with Gasteiger partial charge >= 0.3 is 0 Å². The molecule has 0 aromatic carbocycles. The number of hydrogen-bond acceptors (Lipinski definition) is 8. The first-order chi connectivity index (χ1) is 11.6. The molecule has 24 heavy (non-hydrogen) atoms. The van der Waals surface area contributed by atoms with E-state index in [4.69, 9.17) is 0 Å². The van der Waals surface area contributed by atoms with Crippen LogP contribution in [0.15, 0.2) is 20.0 Å². The molecule has 2 fully saturated rings. The van der Waals surface area contributed by atoms with E-state index in [1.54, 1.807) is 24.3 Å². The summed E-state index contributed by atoms with van der Waals surface area (Å²) in [5, 5.41) is 0. The van der Waals surface area contributed by atoms with E-state index in [-0.39, 0.29) is 12.1 Å². The molecule has 2 aliphatic carbocycles. The predicted molar refractivity (Wildman–Crippen MR) is 82.5 cm³/mol. The number of isocyanates is 4. The Kier molecular flexibility index (Phi) is 5.86. The number of nitrogens with zero attached hydrogens (tertiary/aromatic N) is 4. The van der Waals surface area contributed by atoms with Crippen molar-refractivity contribution < 1.29 is 19.2 Å². The Morgan fingerprint density at radius 2 is 1.25 bits per heavy atom. The second kappa shape index (κ2) is 7.87. The molecule has 2 rings (SSSR count). The van der Waals surface area contributed by atoms with Crippen LogP contribution >= 0.6 is 0 Å². The Morgan fingerprint density at radius 3 is 1.83 bits per heavy atom. The molecule has 126 valence electrons. The standard InChI is InChI=1S/C16H18N4O4/c21-9-17-13-3-6-15(7-4-13,19-11-23)16(20-12-24)5-1-2-14(8-16)18-10-22/h13-14H,1-8H2. The van der Waals surface area contributed by atoms with Crippen LogP contribution in [0.2, 0.25) is 0 Å². The van der Waals surface area contributed by atoms with Crippen molar-refractivity contribution in [3.8, 4) is 0 Å². The van der Waals surface area contributed by atoms with Crippen molar-refractivity contribution >= 4 is 24.3 Å². The average Bonchev–Trinajstić information content (AvgIpc) is 2.58. The third-order valence-corrected chi connectivity index (χ3v) is 5.34. The van der Waals surface area contributed by atoms with Gasteiger partial charge in [-0.2, -0.15) is 9.98 Å². The number of carbonyl (C=O) groups excluding carboxylic acids is 4. The zero-order chi connectivity index (χ0) is 17.5. The molecule has 0 N–H and O–H groups in total. The van der Waals surface area contributed by atoms with Crippen molar-refractivity contribution in [1.82, 2.24) is 0 Å². The molecule has 0 bridgehead atoms. The van der Waals surface area contributed by atoms with Crippen LogP contribution in [-0.2, 0) is 19.2 Å². The van der Waals surface area contributed by atoms with E-state index in [1.807, 2.05) is 0 Å². The minimum Gasteiger partial charge on any atom is -0.211 e. The summed E-state index contributed by atoms with van der Waals surface area (Å²) in [6.07, 6.45) is 10.6. The molecule has 0 radical (unpaired) electrons. The Hall–Kier alpha value is -2.48. The molecular weight excluding hydrogens is 312 g/mol. The molecule has 8 heteroatoms. The Bertz CT molecular complexity index is 660. The minimum absolute atomic E-state index is 0.165. The number of rotatable bonds is 5. The largest absolute Gasteiger partial charge is 0.235 e. The average molecular weight is 330 g/mol. The fourth-order valence-electron chi connectivity index (χ4n) is 4.18. The predicted octanol–water partition coefficient (Wildman–Crippen LogP) is 1.69. The second-order valence-corrected chi connectivity index (χ2v) is 6.39. The van der Waals surface area contributed by atoms with Crippen LogP contribution < -0.4 is 0 Å². The molecule has 0 saturated heterocycles. The fraction of sp³-hybridized carbons (Fsp3) is 0.750. The smallest absolute Gasteiger partial charge is 0.211 e. The summed E-state index contributed by atoms with van der Waals surface area (Å²) >= 11 is 0. The van der Waals surface area contributed by atoms with Crippen molar-refractivity contribution in [3.63, 3.8) is 0 Å². The van der Waals surface area contributed by atoms with E-state index in [0.717, 1.165) is 0 Å². The maximum absolute atomic E-state index is 11.1. The quantitative estimate of drug-likeness (QED) is 0.563. The van der Waals surface area contributed by atoms with Gasteiger partial charge in [0.2, 0.25) is 24.3 Å². The van der Waals surface area contributed by atoms with Gasteiger partial charge in [0.15, 0.2) is 0 Å². The molecule has 2 aliphatic rings. The van der Waals surface area contributed by atoms with E-state index in [0.29, 0.717) is 51.4 Å². The van der Waals surface area contributed by atoms with E-state index < -0.39 is 11.1 Å². The summed E-state index contributed by atoms with van der Waals surface area (Å²) in [5.41, 5.74) is -1.84. The van der Waals surface area contributed by atoms with Gasteiger partial charge < -0.3 is 0 Å². The van der Waals surface area contributed by atoms with Gasteiger partial charge in [-0.15, -0.1) is 0 Å². The lowest BCUT2D eigenvalue weighted by Gasteiger charge is -2.49. The third-order valence-electron chi connectivity index (χ3n) is 5.34. The van der Waals surface area contributed by atoms with Crippen molar-refractivity contribution in [1.29, 1.82) is 0 Å². The highest BCUT2D eigenvalue weighted by molar-refractivity contribution is 5.41. The monoisotopic (exact) mass is 330 g/mol. The van der Waals surface area contributed by atoms with Crippen LogP contribution in [0.3, 0.4) is 0 Å². The molecule has 0 aromatic rings. The van der Waals surface area contributed by atoms with Crippen molar-refractivity contribution in [2.24, 2.45) is 20.0 Å². The summed E-state index contributed by atoms with van der Waals surface area (Å²) in [5.74, 6) is 0. The lowest BCUT2D eigenvalue weighted by Crippen LogP contribution is -2.56. The first kappa shape index (κ1) is 17.9. The van der Waals surface area contributed by atoms with Crippen LogP contribution in [-0.4, -0.2) is 47.5 Å². The zero-order valence-corrected chi connectivity index (χ0v) is 13.2. The van der Waals surface area contributed by atoms with Crippen molar-refractivity contribution in [3.05, 3.63) is 0 Å². The van der Waals surface area contributed by atoms with Crippen LogP contribution in [0.25, 0.3) is 0 Å². The maximum atomic E-state index is 11.1. The van der Waals surface area contributed by atoms with Gasteiger partial charge in [0.1, 0.15) is 5.54 Å². The van der Waals surface area contributed by atoms with E-state index in [2.05, 4.69) is 20.0 Å². The van der Waals surface area contributed by atoms with Crippen LogP contribution in [0.5, 0.6) is 0 Å². The van der Waals surface area contributed by atoms with Gasteiger partial charge in [-0.25, -0.2) is 29.2 Å². The SMILES string of the molecule is O=C=NC1CCC(N=C=O)(C2(N=C=O)CCCC(N=C=O)C2)CC1. The van der Waals surface area contributed by atoms with Crippen molar-refractivity contribution in [2.75, 3.05) is 0 Å². The molecule has 0 aromatic heterocycles. The number of aliphatic imine (C=N–C) groups is 4.